The summed E-state index contributed by atoms with van der Waals surface area (Å²) in [7, 11) is 0. The summed E-state index contributed by atoms with van der Waals surface area (Å²) in [5.41, 5.74) is 1.22. The van der Waals surface area contributed by atoms with Gasteiger partial charge in [0.05, 0.1) is 21.4 Å². The van der Waals surface area contributed by atoms with Gasteiger partial charge in [-0.1, -0.05) is 42.5 Å². The van der Waals surface area contributed by atoms with Gasteiger partial charge in [0.15, 0.2) is 0 Å². The van der Waals surface area contributed by atoms with Gasteiger partial charge in [-0.3, -0.25) is 19.7 Å². The molecule has 0 atom stereocenters. The summed E-state index contributed by atoms with van der Waals surface area (Å²) in [6, 6.07) is 16.8. The maximum absolute atomic E-state index is 12.8. The summed E-state index contributed by atoms with van der Waals surface area (Å²) < 4.78 is 0. The minimum atomic E-state index is -0.618. The van der Waals surface area contributed by atoms with Gasteiger partial charge in [-0.2, -0.15) is 10.1 Å². The second-order valence-electron chi connectivity index (χ2n) is 6.07. The second-order valence-corrected chi connectivity index (χ2v) is 6.07. The maximum Gasteiger partial charge on any atom is 0.282 e. The molecule has 1 aliphatic rings. The Bertz CT molecular complexity index is 1160. The molecule has 0 spiro atoms. The van der Waals surface area contributed by atoms with E-state index < -0.39 is 16.7 Å². The van der Waals surface area contributed by atoms with E-state index in [1.807, 2.05) is 30.3 Å². The standard InChI is InChI=1S/C21H13N3O4/c25-20-16-10-4-9-15-18(24(27)28)12-11-17(19(15)16)21(26)23(20)22-13-5-8-14-6-2-1-3-7-14/h1-13H/b8-5+,22-13-. The van der Waals surface area contributed by atoms with Crippen molar-refractivity contribution in [3.8, 4) is 0 Å². The van der Waals surface area contributed by atoms with Crippen molar-refractivity contribution in [3.05, 3.63) is 93.5 Å². The van der Waals surface area contributed by atoms with Crippen LogP contribution in [0.25, 0.3) is 16.8 Å². The van der Waals surface area contributed by atoms with Gasteiger partial charge in [0, 0.05) is 17.7 Å². The van der Waals surface area contributed by atoms with Crippen LogP contribution in [0, 0.1) is 10.1 Å². The summed E-state index contributed by atoms with van der Waals surface area (Å²) in [4.78, 5) is 36.2. The lowest BCUT2D eigenvalue weighted by molar-refractivity contribution is -0.383. The van der Waals surface area contributed by atoms with Crippen molar-refractivity contribution in [3.63, 3.8) is 0 Å². The van der Waals surface area contributed by atoms with E-state index in [0.29, 0.717) is 0 Å². The summed E-state index contributed by atoms with van der Waals surface area (Å²) in [6.07, 6.45) is 4.78. The quantitative estimate of drug-likeness (QED) is 0.299. The first kappa shape index (κ1) is 17.3. The third kappa shape index (κ3) is 2.84. The Labute approximate surface area is 159 Å². The average molecular weight is 371 g/mol. The predicted octanol–water partition coefficient (Wildman–Crippen LogP) is 4.04. The highest BCUT2D eigenvalue weighted by Crippen LogP contribution is 2.35. The van der Waals surface area contributed by atoms with E-state index in [9.17, 15) is 19.7 Å². The number of non-ortho nitro benzene ring substituents is 1. The summed E-state index contributed by atoms with van der Waals surface area (Å²) in [5, 5.41) is 16.6. The molecule has 0 N–H and O–H groups in total. The molecule has 0 fully saturated rings. The largest absolute Gasteiger partial charge is 0.282 e. The Kier molecular flexibility index (Phi) is 4.25. The molecule has 0 aromatic heterocycles. The highest BCUT2D eigenvalue weighted by atomic mass is 16.6. The number of nitro benzene ring substituents is 1. The van der Waals surface area contributed by atoms with Gasteiger partial charge in [0.2, 0.25) is 0 Å². The number of rotatable bonds is 4. The lowest BCUT2D eigenvalue weighted by Gasteiger charge is -2.22. The first-order valence-corrected chi connectivity index (χ1v) is 8.42. The fourth-order valence-corrected chi connectivity index (χ4v) is 3.16. The average Bonchev–Trinajstić information content (AvgIpc) is 2.71. The van der Waals surface area contributed by atoms with Crippen LogP contribution in [-0.4, -0.2) is 28.0 Å². The van der Waals surface area contributed by atoms with Crippen molar-refractivity contribution in [1.29, 1.82) is 0 Å². The summed E-state index contributed by atoms with van der Waals surface area (Å²) >= 11 is 0. The first-order valence-electron chi connectivity index (χ1n) is 8.42. The number of amides is 2. The zero-order valence-corrected chi connectivity index (χ0v) is 14.5. The fraction of sp³-hybridized carbons (Fsp3) is 0. The minimum absolute atomic E-state index is 0.149. The van der Waals surface area contributed by atoms with E-state index in [0.717, 1.165) is 10.6 Å². The van der Waals surface area contributed by atoms with Gasteiger partial charge >= 0.3 is 0 Å². The number of hydrazone groups is 1. The number of imide groups is 1. The normalized spacial score (nSPS) is 13.8. The Morgan fingerprint density at radius 3 is 2.32 bits per heavy atom. The fourth-order valence-electron chi connectivity index (χ4n) is 3.16. The van der Waals surface area contributed by atoms with Gasteiger partial charge in [0.25, 0.3) is 17.5 Å². The Morgan fingerprint density at radius 1 is 0.893 bits per heavy atom. The molecule has 3 aromatic carbocycles. The van der Waals surface area contributed by atoms with Crippen molar-refractivity contribution < 1.29 is 14.5 Å². The SMILES string of the molecule is O=C1c2cccc3c([N+](=O)[O-])ccc(c23)C(=O)N1/N=C\C=C\c1ccccc1. The highest BCUT2D eigenvalue weighted by Gasteiger charge is 2.34. The third-order valence-electron chi connectivity index (χ3n) is 4.42. The molecule has 4 rings (SSSR count). The molecule has 3 aromatic rings. The zero-order chi connectivity index (χ0) is 19.7. The number of nitro groups is 1. The van der Waals surface area contributed by atoms with Crippen molar-refractivity contribution in [1.82, 2.24) is 5.01 Å². The van der Waals surface area contributed by atoms with E-state index in [4.69, 9.17) is 0 Å². The number of carbonyl (C=O) groups excluding carboxylic acids is 2. The monoisotopic (exact) mass is 371 g/mol. The molecule has 136 valence electrons. The molecule has 0 radical (unpaired) electrons. The van der Waals surface area contributed by atoms with Crippen LogP contribution < -0.4 is 0 Å². The van der Waals surface area contributed by atoms with Crippen LogP contribution in [0.4, 0.5) is 5.69 Å². The third-order valence-corrected chi connectivity index (χ3v) is 4.42. The molecular weight excluding hydrogens is 358 g/mol. The maximum atomic E-state index is 12.8. The molecule has 0 saturated carbocycles. The molecule has 1 aliphatic heterocycles. The topological polar surface area (TPSA) is 92.9 Å². The Morgan fingerprint density at radius 2 is 1.61 bits per heavy atom. The van der Waals surface area contributed by atoms with Crippen molar-refractivity contribution in [2.75, 3.05) is 0 Å². The van der Waals surface area contributed by atoms with Crippen LogP contribution in [0.1, 0.15) is 26.3 Å². The number of allylic oxidation sites excluding steroid dienone is 1. The minimum Gasteiger partial charge on any atom is -0.267 e. The number of hydrogen-bond acceptors (Lipinski definition) is 5. The van der Waals surface area contributed by atoms with Gasteiger partial charge in [-0.15, -0.1) is 0 Å². The highest BCUT2D eigenvalue weighted by molar-refractivity contribution is 6.26. The van der Waals surface area contributed by atoms with Gasteiger partial charge < -0.3 is 0 Å². The van der Waals surface area contributed by atoms with Crippen LogP contribution in [0.3, 0.4) is 0 Å². The van der Waals surface area contributed by atoms with E-state index in [-0.39, 0.29) is 27.6 Å². The Balaban J connectivity index is 1.71. The molecule has 0 unspecified atom stereocenters. The molecule has 2 amide bonds. The zero-order valence-electron chi connectivity index (χ0n) is 14.5. The molecule has 7 nitrogen and oxygen atoms in total. The van der Waals surface area contributed by atoms with Crippen molar-refractivity contribution >= 4 is 40.6 Å². The number of carbonyl (C=O) groups is 2. The van der Waals surface area contributed by atoms with E-state index in [1.165, 1.54) is 30.5 Å². The molecular formula is C21H13N3O4. The summed E-state index contributed by atoms with van der Waals surface area (Å²) in [5.74, 6) is -1.24. The van der Waals surface area contributed by atoms with Gasteiger partial charge in [-0.05, 0) is 29.8 Å². The van der Waals surface area contributed by atoms with Gasteiger partial charge in [0.1, 0.15) is 0 Å². The summed E-state index contributed by atoms with van der Waals surface area (Å²) in [6.45, 7) is 0. The van der Waals surface area contributed by atoms with E-state index in [2.05, 4.69) is 5.10 Å². The van der Waals surface area contributed by atoms with Crippen LogP contribution in [0.5, 0.6) is 0 Å². The lowest BCUT2D eigenvalue weighted by atomic mass is 9.94. The van der Waals surface area contributed by atoms with Crippen LogP contribution in [0.2, 0.25) is 0 Å². The molecule has 1 heterocycles. The van der Waals surface area contributed by atoms with Crippen molar-refractivity contribution in [2.24, 2.45) is 5.10 Å². The molecule has 0 bridgehead atoms. The smallest absolute Gasteiger partial charge is 0.267 e. The second kappa shape index (κ2) is 6.88. The van der Waals surface area contributed by atoms with Gasteiger partial charge in [-0.25, -0.2) is 0 Å². The number of nitrogens with zero attached hydrogens (tertiary/aromatic N) is 3. The number of benzene rings is 3. The first-order chi connectivity index (χ1) is 13.6. The van der Waals surface area contributed by atoms with Crippen LogP contribution >= 0.6 is 0 Å². The van der Waals surface area contributed by atoms with Crippen LogP contribution in [-0.2, 0) is 0 Å². The van der Waals surface area contributed by atoms with Crippen LogP contribution in [0.15, 0.2) is 71.8 Å². The number of hydrogen-bond donors (Lipinski definition) is 0. The van der Waals surface area contributed by atoms with E-state index in [1.54, 1.807) is 18.2 Å². The molecule has 0 saturated heterocycles. The lowest BCUT2D eigenvalue weighted by Crippen LogP contribution is -2.36. The Hall–Kier alpha value is -4.13. The van der Waals surface area contributed by atoms with E-state index >= 15 is 0 Å². The molecule has 0 aliphatic carbocycles. The van der Waals surface area contributed by atoms with Crippen molar-refractivity contribution in [2.45, 2.75) is 0 Å². The predicted molar refractivity (Wildman–Crippen MR) is 105 cm³/mol. The molecule has 28 heavy (non-hydrogen) atoms. The molecule has 7 heteroatoms.